The Morgan fingerprint density at radius 1 is 1.21 bits per heavy atom. The monoisotopic (exact) mass is 273 g/mol. The first-order chi connectivity index (χ1) is 8.90. The van der Waals surface area contributed by atoms with E-state index in [-0.39, 0.29) is 19.4 Å². The number of hydrogen-bond acceptors (Lipinski definition) is 2. The van der Waals surface area contributed by atoms with Crippen LogP contribution in [0.15, 0.2) is 12.1 Å². The Morgan fingerprint density at radius 3 is 2.47 bits per heavy atom. The van der Waals surface area contributed by atoms with E-state index in [1.807, 2.05) is 0 Å². The lowest BCUT2D eigenvalue weighted by molar-refractivity contribution is -0.142. The first kappa shape index (κ1) is 13.4. The van der Waals surface area contributed by atoms with Crippen LogP contribution in [-0.4, -0.2) is 23.5 Å². The lowest BCUT2D eigenvalue weighted by Crippen LogP contribution is -2.43. The number of carbonyl (C=O) groups excluding carboxylic acids is 1. The molecule has 1 aliphatic rings. The van der Waals surface area contributed by atoms with Gasteiger partial charge in [0.1, 0.15) is 5.82 Å². The molecule has 0 spiro atoms. The van der Waals surface area contributed by atoms with Crippen molar-refractivity contribution in [3.8, 4) is 0 Å². The number of aliphatic carboxylic acids is 1. The summed E-state index contributed by atoms with van der Waals surface area (Å²) in [6, 6.07) is 0.898. The summed E-state index contributed by atoms with van der Waals surface area (Å²) in [6.45, 7) is -0.254. The van der Waals surface area contributed by atoms with Crippen molar-refractivity contribution in [1.29, 1.82) is 0 Å². The van der Waals surface area contributed by atoms with Gasteiger partial charge in [-0.05, 0) is 6.42 Å². The Labute approximate surface area is 106 Å². The van der Waals surface area contributed by atoms with Gasteiger partial charge in [-0.1, -0.05) is 0 Å². The molecule has 4 nitrogen and oxygen atoms in total. The summed E-state index contributed by atoms with van der Waals surface area (Å²) in [5.74, 6) is -6.21. The molecular formula is C12H10F3NO3. The first-order valence-electron chi connectivity index (χ1n) is 5.58. The molecule has 1 atom stereocenters. The quantitative estimate of drug-likeness (QED) is 0.838. The van der Waals surface area contributed by atoms with Crippen LogP contribution in [0.4, 0.5) is 18.9 Å². The maximum Gasteiger partial charge on any atom is 0.308 e. The van der Waals surface area contributed by atoms with E-state index in [1.165, 1.54) is 0 Å². The predicted molar refractivity (Wildman–Crippen MR) is 59.0 cm³/mol. The standard InChI is InChI=1S/C12H10F3NO3/c13-7-3-9(15)10(4-8(7)14)16-5-6(12(18)19)1-2-11(16)17/h3-4,6H,1-2,5H2,(H,18,19). The van der Waals surface area contributed by atoms with Crippen LogP contribution >= 0.6 is 0 Å². The van der Waals surface area contributed by atoms with Gasteiger partial charge in [-0.3, -0.25) is 9.59 Å². The second-order valence-electron chi connectivity index (χ2n) is 4.30. The normalized spacial score (nSPS) is 19.6. The van der Waals surface area contributed by atoms with E-state index in [9.17, 15) is 22.8 Å². The number of amides is 1. The third kappa shape index (κ3) is 2.54. The summed E-state index contributed by atoms with van der Waals surface area (Å²) in [6.07, 6.45) is 0.0748. The fourth-order valence-corrected chi connectivity index (χ4v) is 2.00. The second-order valence-corrected chi connectivity index (χ2v) is 4.30. The van der Waals surface area contributed by atoms with E-state index in [4.69, 9.17) is 5.11 Å². The maximum absolute atomic E-state index is 13.6. The predicted octanol–water partition coefficient (Wildman–Crippen LogP) is 1.93. The lowest BCUT2D eigenvalue weighted by Gasteiger charge is -2.30. The number of hydrogen-bond donors (Lipinski definition) is 1. The van der Waals surface area contributed by atoms with E-state index in [1.54, 1.807) is 0 Å². The molecule has 19 heavy (non-hydrogen) atoms. The Balaban J connectivity index is 2.36. The molecular weight excluding hydrogens is 263 g/mol. The van der Waals surface area contributed by atoms with Crippen LogP contribution < -0.4 is 4.90 Å². The van der Waals surface area contributed by atoms with Gasteiger partial charge in [0.2, 0.25) is 5.91 Å². The highest BCUT2D eigenvalue weighted by Gasteiger charge is 2.32. The second kappa shape index (κ2) is 4.91. The van der Waals surface area contributed by atoms with Crippen LogP contribution in [-0.2, 0) is 9.59 Å². The van der Waals surface area contributed by atoms with Gasteiger partial charge in [0.15, 0.2) is 11.6 Å². The van der Waals surface area contributed by atoms with Crippen molar-refractivity contribution in [3.63, 3.8) is 0 Å². The zero-order valence-electron chi connectivity index (χ0n) is 9.70. The fourth-order valence-electron chi connectivity index (χ4n) is 2.00. The minimum atomic E-state index is -1.36. The number of piperidine rings is 1. The van der Waals surface area contributed by atoms with Crippen LogP contribution in [0.25, 0.3) is 0 Å². The van der Waals surface area contributed by atoms with Crippen molar-refractivity contribution < 1.29 is 27.9 Å². The molecule has 0 saturated carbocycles. The van der Waals surface area contributed by atoms with Crippen LogP contribution in [0, 0.1) is 23.4 Å². The van der Waals surface area contributed by atoms with Crippen molar-refractivity contribution >= 4 is 17.6 Å². The van der Waals surface area contributed by atoms with Crippen molar-refractivity contribution in [3.05, 3.63) is 29.6 Å². The molecule has 1 aliphatic heterocycles. The summed E-state index contributed by atoms with van der Waals surface area (Å²) >= 11 is 0. The van der Waals surface area contributed by atoms with Crippen LogP contribution in [0.1, 0.15) is 12.8 Å². The third-order valence-electron chi connectivity index (χ3n) is 3.04. The molecule has 1 amide bonds. The first-order valence-corrected chi connectivity index (χ1v) is 5.58. The minimum absolute atomic E-state index is 0.0740. The molecule has 1 aromatic rings. The molecule has 2 rings (SSSR count). The molecule has 1 fully saturated rings. The number of anilines is 1. The van der Waals surface area contributed by atoms with Gasteiger partial charge < -0.3 is 10.0 Å². The number of benzene rings is 1. The van der Waals surface area contributed by atoms with Crippen molar-refractivity contribution in [2.24, 2.45) is 5.92 Å². The summed E-state index contributed by atoms with van der Waals surface area (Å²) in [4.78, 5) is 23.4. The van der Waals surface area contributed by atoms with E-state index in [0.717, 1.165) is 4.90 Å². The topological polar surface area (TPSA) is 57.6 Å². The Morgan fingerprint density at radius 2 is 1.84 bits per heavy atom. The Bertz CT molecular complexity index is 547. The largest absolute Gasteiger partial charge is 0.481 e. The molecule has 1 heterocycles. The molecule has 0 aromatic heterocycles. The van der Waals surface area contributed by atoms with Crippen molar-refractivity contribution in [1.82, 2.24) is 0 Å². The van der Waals surface area contributed by atoms with Gasteiger partial charge in [0.25, 0.3) is 0 Å². The maximum atomic E-state index is 13.6. The van der Waals surface area contributed by atoms with E-state index >= 15 is 0 Å². The molecule has 0 radical (unpaired) electrons. The van der Waals surface area contributed by atoms with E-state index < -0.39 is 40.9 Å². The molecule has 0 bridgehead atoms. The molecule has 1 saturated heterocycles. The van der Waals surface area contributed by atoms with Crippen molar-refractivity contribution in [2.45, 2.75) is 12.8 Å². The Kier molecular flexibility index (Phi) is 3.46. The number of carboxylic acids is 1. The zero-order chi connectivity index (χ0) is 14.2. The molecule has 1 N–H and O–H groups in total. The number of rotatable bonds is 2. The minimum Gasteiger partial charge on any atom is -0.481 e. The SMILES string of the molecule is O=C(O)C1CCC(=O)N(c2cc(F)c(F)cc2F)C1. The lowest BCUT2D eigenvalue weighted by atomic mass is 9.97. The number of halogens is 3. The van der Waals surface area contributed by atoms with Gasteiger partial charge in [-0.25, -0.2) is 13.2 Å². The van der Waals surface area contributed by atoms with E-state index in [0.29, 0.717) is 12.1 Å². The summed E-state index contributed by atoms with van der Waals surface area (Å²) in [5.41, 5.74) is -0.435. The summed E-state index contributed by atoms with van der Waals surface area (Å²) in [7, 11) is 0. The van der Waals surface area contributed by atoms with Crippen LogP contribution in [0.5, 0.6) is 0 Å². The average Bonchev–Trinajstić information content (AvgIpc) is 2.34. The van der Waals surface area contributed by atoms with Crippen LogP contribution in [0.3, 0.4) is 0 Å². The van der Waals surface area contributed by atoms with E-state index in [2.05, 4.69) is 0 Å². The Hall–Kier alpha value is -2.05. The van der Waals surface area contributed by atoms with Crippen LogP contribution in [0.2, 0.25) is 0 Å². The third-order valence-corrected chi connectivity index (χ3v) is 3.04. The zero-order valence-corrected chi connectivity index (χ0v) is 9.70. The van der Waals surface area contributed by atoms with Gasteiger partial charge in [0, 0.05) is 25.1 Å². The van der Waals surface area contributed by atoms with Gasteiger partial charge >= 0.3 is 5.97 Å². The molecule has 1 aromatic carbocycles. The number of carbonyl (C=O) groups is 2. The fraction of sp³-hybridized carbons (Fsp3) is 0.333. The molecule has 1 unspecified atom stereocenters. The number of carboxylic acid groups (broad SMARTS) is 1. The molecule has 7 heteroatoms. The number of nitrogens with zero attached hydrogens (tertiary/aromatic N) is 1. The summed E-state index contributed by atoms with van der Waals surface area (Å²) < 4.78 is 39.5. The van der Waals surface area contributed by atoms with Gasteiger partial charge in [-0.2, -0.15) is 0 Å². The molecule has 0 aliphatic carbocycles. The van der Waals surface area contributed by atoms with Crippen molar-refractivity contribution in [2.75, 3.05) is 11.4 Å². The average molecular weight is 273 g/mol. The van der Waals surface area contributed by atoms with Gasteiger partial charge in [0.05, 0.1) is 11.6 Å². The highest BCUT2D eigenvalue weighted by Crippen LogP contribution is 2.28. The summed E-state index contributed by atoms with van der Waals surface area (Å²) in [5, 5.41) is 8.89. The smallest absolute Gasteiger partial charge is 0.308 e. The van der Waals surface area contributed by atoms with Gasteiger partial charge in [-0.15, -0.1) is 0 Å². The molecule has 102 valence electrons. The highest BCUT2D eigenvalue weighted by atomic mass is 19.2. The highest BCUT2D eigenvalue weighted by molar-refractivity contribution is 5.95.